The molecular weight excluding hydrogens is 184 g/mol. The highest BCUT2D eigenvalue weighted by Crippen LogP contribution is 2.16. The van der Waals surface area contributed by atoms with Crippen molar-refractivity contribution in [2.45, 2.75) is 0 Å². The first-order chi connectivity index (χ1) is 5.52. The number of rotatable bonds is 2. The van der Waals surface area contributed by atoms with Crippen molar-refractivity contribution in [3.8, 4) is 0 Å². The average Bonchev–Trinajstić information content (AvgIpc) is 2.31. The van der Waals surface area contributed by atoms with Gasteiger partial charge in [-0.2, -0.15) is 0 Å². The predicted octanol–water partition coefficient (Wildman–Crippen LogP) is -0.785. The summed E-state index contributed by atoms with van der Waals surface area (Å²) in [6.45, 7) is 0. The van der Waals surface area contributed by atoms with E-state index in [1.165, 1.54) is 0 Å². The van der Waals surface area contributed by atoms with Crippen LogP contribution in [0.5, 0.6) is 0 Å². The summed E-state index contributed by atoms with van der Waals surface area (Å²) in [5.74, 6) is -2.90. The minimum absolute atomic E-state index is 0.156. The Kier molecular flexibility index (Phi) is 2.27. The van der Waals surface area contributed by atoms with Crippen molar-refractivity contribution in [2.24, 2.45) is 0 Å². The minimum Gasteiger partial charge on any atom is -0.478 e. The molecule has 0 bridgehead atoms. The molecule has 1 aliphatic heterocycles. The molecule has 0 aromatic heterocycles. The summed E-state index contributed by atoms with van der Waals surface area (Å²) in [4.78, 5) is 20.8. The smallest absolute Gasteiger partial charge is 0.333 e. The van der Waals surface area contributed by atoms with Gasteiger partial charge >= 0.3 is 11.9 Å². The van der Waals surface area contributed by atoms with E-state index in [9.17, 15) is 13.8 Å². The van der Waals surface area contributed by atoms with E-state index in [0.29, 0.717) is 0 Å². The molecule has 0 aliphatic carbocycles. The third-order valence-electron chi connectivity index (χ3n) is 1.49. The van der Waals surface area contributed by atoms with E-state index in [2.05, 4.69) is 0 Å². The summed E-state index contributed by atoms with van der Waals surface area (Å²) >= 11 is 0. The topological polar surface area (TPSA) is 91.7 Å². The molecule has 0 radical (unpaired) electrons. The van der Waals surface area contributed by atoms with Crippen molar-refractivity contribution in [1.29, 1.82) is 0 Å². The second-order valence-electron chi connectivity index (χ2n) is 2.30. The third kappa shape index (κ3) is 1.53. The number of aliphatic carboxylic acids is 2. The Labute approximate surface area is 70.2 Å². The zero-order chi connectivity index (χ0) is 9.30. The SMILES string of the molecule is O=C(O)C1=C(C(=O)O)CS(=O)C1. The molecule has 1 aliphatic rings. The predicted molar refractivity (Wildman–Crippen MR) is 40.2 cm³/mol. The van der Waals surface area contributed by atoms with Crippen molar-refractivity contribution >= 4 is 22.7 Å². The van der Waals surface area contributed by atoms with Crippen molar-refractivity contribution in [1.82, 2.24) is 0 Å². The first-order valence-corrected chi connectivity index (χ1v) is 4.54. The van der Waals surface area contributed by atoms with Crippen LogP contribution >= 0.6 is 0 Å². The van der Waals surface area contributed by atoms with Gasteiger partial charge in [-0.1, -0.05) is 0 Å². The molecular formula is C6H6O5S. The maximum atomic E-state index is 10.8. The lowest BCUT2D eigenvalue weighted by Crippen LogP contribution is -2.09. The fourth-order valence-electron chi connectivity index (χ4n) is 0.929. The number of carboxylic acid groups (broad SMARTS) is 2. The first-order valence-electron chi connectivity index (χ1n) is 3.06. The second kappa shape index (κ2) is 3.06. The number of carbonyl (C=O) groups is 2. The van der Waals surface area contributed by atoms with Gasteiger partial charge in [0.1, 0.15) is 0 Å². The molecule has 0 spiro atoms. The van der Waals surface area contributed by atoms with Crippen LogP contribution in [-0.4, -0.2) is 37.9 Å². The quantitative estimate of drug-likeness (QED) is 0.595. The van der Waals surface area contributed by atoms with Gasteiger partial charge in [0, 0.05) is 10.8 Å². The number of hydrogen-bond acceptors (Lipinski definition) is 3. The van der Waals surface area contributed by atoms with Gasteiger partial charge in [0.2, 0.25) is 0 Å². The van der Waals surface area contributed by atoms with E-state index in [-0.39, 0.29) is 22.7 Å². The molecule has 0 aromatic carbocycles. The van der Waals surface area contributed by atoms with Crippen molar-refractivity contribution in [2.75, 3.05) is 11.5 Å². The molecule has 5 nitrogen and oxygen atoms in total. The van der Waals surface area contributed by atoms with Crippen LogP contribution < -0.4 is 0 Å². The van der Waals surface area contributed by atoms with Gasteiger partial charge in [-0.15, -0.1) is 0 Å². The average molecular weight is 190 g/mol. The molecule has 6 heteroatoms. The molecule has 1 rings (SSSR count). The van der Waals surface area contributed by atoms with Gasteiger partial charge in [-0.25, -0.2) is 9.59 Å². The van der Waals surface area contributed by atoms with Gasteiger partial charge in [0.05, 0.1) is 22.7 Å². The lowest BCUT2D eigenvalue weighted by Gasteiger charge is -1.93. The Morgan fingerprint density at radius 1 is 1.08 bits per heavy atom. The highest BCUT2D eigenvalue weighted by Gasteiger charge is 2.29. The summed E-state index contributed by atoms with van der Waals surface area (Å²) in [5.41, 5.74) is -0.471. The van der Waals surface area contributed by atoms with Crippen molar-refractivity contribution in [3.05, 3.63) is 11.1 Å². The minimum atomic E-state index is -1.36. The Morgan fingerprint density at radius 2 is 1.42 bits per heavy atom. The fourth-order valence-corrected chi connectivity index (χ4v) is 2.27. The van der Waals surface area contributed by atoms with E-state index in [1.807, 2.05) is 0 Å². The molecule has 0 unspecified atom stereocenters. The van der Waals surface area contributed by atoms with Crippen LogP contribution in [0.25, 0.3) is 0 Å². The summed E-state index contributed by atoms with van der Waals surface area (Å²) in [6, 6.07) is 0. The molecule has 66 valence electrons. The normalized spacial score (nSPS) is 18.3. The van der Waals surface area contributed by atoms with E-state index in [4.69, 9.17) is 10.2 Å². The lowest BCUT2D eigenvalue weighted by molar-refractivity contribution is -0.135. The summed E-state index contributed by atoms with van der Waals surface area (Å²) < 4.78 is 10.8. The highest BCUT2D eigenvalue weighted by atomic mass is 32.2. The maximum Gasteiger partial charge on any atom is 0.333 e. The molecule has 2 N–H and O–H groups in total. The van der Waals surface area contributed by atoms with Gasteiger partial charge < -0.3 is 10.2 Å². The summed E-state index contributed by atoms with van der Waals surface area (Å²) in [6.07, 6.45) is 0. The maximum absolute atomic E-state index is 10.8. The van der Waals surface area contributed by atoms with E-state index in [0.717, 1.165) is 0 Å². The monoisotopic (exact) mass is 190 g/mol. The van der Waals surface area contributed by atoms with Crippen LogP contribution in [0, 0.1) is 0 Å². The van der Waals surface area contributed by atoms with Crippen LogP contribution in [0.3, 0.4) is 0 Å². The zero-order valence-electron chi connectivity index (χ0n) is 5.94. The van der Waals surface area contributed by atoms with Crippen LogP contribution in [0.4, 0.5) is 0 Å². The molecule has 0 amide bonds. The molecule has 0 saturated carbocycles. The zero-order valence-corrected chi connectivity index (χ0v) is 6.76. The molecule has 0 fully saturated rings. The first kappa shape index (κ1) is 8.92. The van der Waals surface area contributed by atoms with Gasteiger partial charge in [0.25, 0.3) is 0 Å². The van der Waals surface area contributed by atoms with Crippen LogP contribution in [0.1, 0.15) is 0 Å². The lowest BCUT2D eigenvalue weighted by atomic mass is 10.1. The number of hydrogen-bond donors (Lipinski definition) is 2. The summed E-state index contributed by atoms with van der Waals surface area (Å²) in [7, 11) is -1.36. The largest absolute Gasteiger partial charge is 0.478 e. The van der Waals surface area contributed by atoms with Crippen LogP contribution in [-0.2, 0) is 20.4 Å². The molecule has 0 aromatic rings. The van der Waals surface area contributed by atoms with Gasteiger partial charge in [-0.05, 0) is 0 Å². The third-order valence-corrected chi connectivity index (χ3v) is 2.71. The molecule has 12 heavy (non-hydrogen) atoms. The highest BCUT2D eigenvalue weighted by molar-refractivity contribution is 7.85. The Bertz CT molecular complexity index is 275. The van der Waals surface area contributed by atoms with E-state index in [1.54, 1.807) is 0 Å². The Hall–Kier alpha value is -1.17. The van der Waals surface area contributed by atoms with E-state index >= 15 is 0 Å². The molecule has 0 saturated heterocycles. The summed E-state index contributed by atoms with van der Waals surface area (Å²) in [5, 5.41) is 17.0. The molecule has 0 atom stereocenters. The van der Waals surface area contributed by atoms with Gasteiger partial charge in [-0.3, -0.25) is 4.21 Å². The van der Waals surface area contributed by atoms with Crippen molar-refractivity contribution in [3.63, 3.8) is 0 Å². The van der Waals surface area contributed by atoms with Crippen LogP contribution in [0.2, 0.25) is 0 Å². The Morgan fingerprint density at radius 3 is 1.67 bits per heavy atom. The van der Waals surface area contributed by atoms with E-state index < -0.39 is 22.7 Å². The Balaban J connectivity index is 3.04. The fraction of sp³-hybridized carbons (Fsp3) is 0.333. The molecule has 1 heterocycles. The van der Waals surface area contributed by atoms with Crippen LogP contribution in [0.15, 0.2) is 11.1 Å². The van der Waals surface area contributed by atoms with Gasteiger partial charge in [0.15, 0.2) is 0 Å². The standard InChI is InChI=1S/C6H6O5S/c7-5(8)3-1-12(11)2-4(3)6(9)10/h1-2H2,(H,7,8)(H,9,10). The second-order valence-corrected chi connectivity index (χ2v) is 3.75. The van der Waals surface area contributed by atoms with Crippen molar-refractivity contribution < 1.29 is 24.0 Å². The number of carboxylic acids is 2.